The molecule has 0 radical (unpaired) electrons. The Morgan fingerprint density at radius 2 is 1.65 bits per heavy atom. The molecule has 0 saturated heterocycles. The molecule has 1 amide bonds. The topological polar surface area (TPSA) is 99.0 Å². The zero-order valence-electron chi connectivity index (χ0n) is 11.7. The first-order valence-electron chi connectivity index (χ1n) is 6.30. The molecule has 112 valence electrons. The number of aliphatic hydroxyl groups excluding tert-OH is 3. The number of benzene rings is 1. The van der Waals surface area contributed by atoms with Crippen molar-refractivity contribution in [2.75, 3.05) is 26.4 Å². The molecule has 20 heavy (non-hydrogen) atoms. The molecule has 0 unspecified atom stereocenters. The second kappa shape index (κ2) is 7.23. The Hall–Kier alpha value is -1.63. The number of rotatable bonds is 7. The molecule has 0 aliphatic rings. The van der Waals surface area contributed by atoms with Gasteiger partial charge in [-0.15, -0.1) is 0 Å². The van der Waals surface area contributed by atoms with Gasteiger partial charge in [-0.2, -0.15) is 0 Å². The zero-order valence-corrected chi connectivity index (χ0v) is 11.7. The molecule has 0 aromatic heterocycles. The largest absolute Gasteiger partial charge is 0.483 e. The standard InChI is InChI=1S/C14H21NO5/c1-10-4-3-5-11(2)13(10)20-6-12(19)15-14(7-16,8-17)9-18/h3-5,16-18H,6-9H2,1-2H3,(H,15,19). The van der Waals surface area contributed by atoms with Crippen molar-refractivity contribution < 1.29 is 24.9 Å². The number of hydrogen-bond acceptors (Lipinski definition) is 5. The predicted molar refractivity (Wildman–Crippen MR) is 73.5 cm³/mol. The average Bonchev–Trinajstić information content (AvgIpc) is 2.44. The van der Waals surface area contributed by atoms with E-state index in [0.717, 1.165) is 11.1 Å². The highest BCUT2D eigenvalue weighted by Crippen LogP contribution is 2.22. The molecule has 0 bridgehead atoms. The maximum absolute atomic E-state index is 11.8. The summed E-state index contributed by atoms with van der Waals surface area (Å²) in [7, 11) is 0. The SMILES string of the molecule is Cc1cccc(C)c1OCC(=O)NC(CO)(CO)CO. The Bertz CT molecular complexity index is 428. The van der Waals surface area contributed by atoms with Crippen LogP contribution in [-0.2, 0) is 4.79 Å². The van der Waals surface area contributed by atoms with Gasteiger partial charge in [-0.05, 0) is 25.0 Å². The van der Waals surface area contributed by atoms with Crippen molar-refractivity contribution in [3.63, 3.8) is 0 Å². The lowest BCUT2D eigenvalue weighted by Crippen LogP contribution is -2.58. The van der Waals surface area contributed by atoms with Crippen molar-refractivity contribution in [1.29, 1.82) is 0 Å². The van der Waals surface area contributed by atoms with Crippen molar-refractivity contribution in [1.82, 2.24) is 5.32 Å². The van der Waals surface area contributed by atoms with Crippen LogP contribution in [0, 0.1) is 13.8 Å². The van der Waals surface area contributed by atoms with E-state index in [0.29, 0.717) is 5.75 Å². The van der Waals surface area contributed by atoms with Gasteiger partial charge in [0.1, 0.15) is 11.3 Å². The van der Waals surface area contributed by atoms with E-state index in [1.165, 1.54) is 0 Å². The Labute approximate surface area is 118 Å². The average molecular weight is 283 g/mol. The third-order valence-electron chi connectivity index (χ3n) is 3.07. The van der Waals surface area contributed by atoms with E-state index >= 15 is 0 Å². The normalized spacial score (nSPS) is 11.2. The highest BCUT2D eigenvalue weighted by molar-refractivity contribution is 5.78. The number of aryl methyl sites for hydroxylation is 2. The van der Waals surface area contributed by atoms with Crippen molar-refractivity contribution in [3.8, 4) is 5.75 Å². The van der Waals surface area contributed by atoms with Crippen molar-refractivity contribution >= 4 is 5.91 Å². The molecule has 0 saturated carbocycles. The van der Waals surface area contributed by atoms with Gasteiger partial charge in [0.15, 0.2) is 6.61 Å². The van der Waals surface area contributed by atoms with Gasteiger partial charge in [0, 0.05) is 0 Å². The molecule has 1 aromatic carbocycles. The minimum Gasteiger partial charge on any atom is -0.483 e. The van der Waals surface area contributed by atoms with Gasteiger partial charge < -0.3 is 25.4 Å². The highest BCUT2D eigenvalue weighted by Gasteiger charge is 2.30. The monoisotopic (exact) mass is 283 g/mol. The number of carbonyl (C=O) groups excluding carboxylic acids is 1. The Balaban J connectivity index is 2.64. The van der Waals surface area contributed by atoms with Crippen LogP contribution in [0.3, 0.4) is 0 Å². The third-order valence-corrected chi connectivity index (χ3v) is 3.07. The summed E-state index contributed by atoms with van der Waals surface area (Å²) in [5, 5.41) is 29.7. The van der Waals surface area contributed by atoms with E-state index in [1.54, 1.807) is 0 Å². The molecule has 0 spiro atoms. The van der Waals surface area contributed by atoms with E-state index in [9.17, 15) is 4.79 Å². The minimum absolute atomic E-state index is 0.257. The Morgan fingerprint density at radius 1 is 1.15 bits per heavy atom. The number of nitrogens with one attached hydrogen (secondary N) is 1. The van der Waals surface area contributed by atoms with Crippen LogP contribution in [0.1, 0.15) is 11.1 Å². The van der Waals surface area contributed by atoms with Gasteiger partial charge in [-0.25, -0.2) is 0 Å². The molecule has 0 heterocycles. The van der Waals surface area contributed by atoms with Crippen LogP contribution in [0.4, 0.5) is 0 Å². The maximum atomic E-state index is 11.8. The quantitative estimate of drug-likeness (QED) is 0.541. The first-order valence-corrected chi connectivity index (χ1v) is 6.30. The number of hydrogen-bond donors (Lipinski definition) is 4. The van der Waals surface area contributed by atoms with E-state index in [4.69, 9.17) is 20.1 Å². The summed E-state index contributed by atoms with van der Waals surface area (Å²) in [4.78, 5) is 11.8. The summed E-state index contributed by atoms with van der Waals surface area (Å²) in [5.41, 5.74) is 0.396. The number of carbonyl (C=O) groups is 1. The molecule has 0 aliphatic carbocycles. The molecule has 6 nitrogen and oxygen atoms in total. The van der Waals surface area contributed by atoms with Crippen LogP contribution in [-0.4, -0.2) is 53.2 Å². The number of ether oxygens (including phenoxy) is 1. The number of amides is 1. The maximum Gasteiger partial charge on any atom is 0.258 e. The van der Waals surface area contributed by atoms with Gasteiger partial charge in [-0.3, -0.25) is 4.79 Å². The van der Waals surface area contributed by atoms with Crippen LogP contribution in [0.5, 0.6) is 5.75 Å². The minimum atomic E-state index is -1.43. The first-order chi connectivity index (χ1) is 9.48. The molecule has 1 rings (SSSR count). The van der Waals surface area contributed by atoms with Gasteiger partial charge >= 0.3 is 0 Å². The highest BCUT2D eigenvalue weighted by atomic mass is 16.5. The molecule has 4 N–H and O–H groups in total. The van der Waals surface area contributed by atoms with Crippen molar-refractivity contribution in [3.05, 3.63) is 29.3 Å². The van der Waals surface area contributed by atoms with E-state index in [2.05, 4.69) is 5.32 Å². The summed E-state index contributed by atoms with van der Waals surface area (Å²) in [6, 6.07) is 5.64. The van der Waals surface area contributed by atoms with Gasteiger partial charge in [0.05, 0.1) is 19.8 Å². The fourth-order valence-corrected chi connectivity index (χ4v) is 1.76. The molecule has 0 fully saturated rings. The van der Waals surface area contributed by atoms with Crippen molar-refractivity contribution in [2.45, 2.75) is 19.4 Å². The zero-order chi connectivity index (χ0) is 15.2. The molecular formula is C14H21NO5. The van der Waals surface area contributed by atoms with Crippen LogP contribution in [0.2, 0.25) is 0 Å². The lowest BCUT2D eigenvalue weighted by Gasteiger charge is -2.28. The third kappa shape index (κ3) is 3.93. The summed E-state index contributed by atoms with van der Waals surface area (Å²) in [6.45, 7) is 1.81. The lowest BCUT2D eigenvalue weighted by atomic mass is 10.0. The fourth-order valence-electron chi connectivity index (χ4n) is 1.76. The van der Waals surface area contributed by atoms with Gasteiger partial charge in [0.2, 0.25) is 0 Å². The fraction of sp³-hybridized carbons (Fsp3) is 0.500. The molecule has 6 heteroatoms. The number of aliphatic hydroxyl groups is 3. The Morgan fingerprint density at radius 3 is 2.10 bits per heavy atom. The molecule has 0 aliphatic heterocycles. The predicted octanol–water partition coefficient (Wildman–Crippen LogP) is -0.486. The van der Waals surface area contributed by atoms with E-state index in [1.807, 2.05) is 32.0 Å². The summed E-state index contributed by atoms with van der Waals surface area (Å²) >= 11 is 0. The van der Waals surface area contributed by atoms with Gasteiger partial charge in [-0.1, -0.05) is 18.2 Å². The van der Waals surface area contributed by atoms with Crippen LogP contribution in [0.25, 0.3) is 0 Å². The molecule has 1 aromatic rings. The first kappa shape index (κ1) is 16.4. The smallest absolute Gasteiger partial charge is 0.258 e. The second-order valence-electron chi connectivity index (χ2n) is 4.81. The molecular weight excluding hydrogens is 262 g/mol. The van der Waals surface area contributed by atoms with E-state index < -0.39 is 31.3 Å². The Kier molecular flexibility index (Phi) is 5.94. The van der Waals surface area contributed by atoms with Crippen LogP contribution >= 0.6 is 0 Å². The lowest BCUT2D eigenvalue weighted by molar-refractivity contribution is -0.127. The van der Waals surface area contributed by atoms with Crippen LogP contribution in [0.15, 0.2) is 18.2 Å². The van der Waals surface area contributed by atoms with Crippen LogP contribution < -0.4 is 10.1 Å². The summed E-state index contributed by atoms with van der Waals surface area (Å²) in [6.07, 6.45) is 0. The second-order valence-corrected chi connectivity index (χ2v) is 4.81. The van der Waals surface area contributed by atoms with Gasteiger partial charge in [0.25, 0.3) is 5.91 Å². The number of para-hydroxylation sites is 1. The summed E-state index contributed by atoms with van der Waals surface area (Å²) in [5.74, 6) is 0.107. The molecule has 0 atom stereocenters. The van der Waals surface area contributed by atoms with Crippen molar-refractivity contribution in [2.24, 2.45) is 0 Å². The van der Waals surface area contributed by atoms with E-state index in [-0.39, 0.29) is 6.61 Å². The summed E-state index contributed by atoms with van der Waals surface area (Å²) < 4.78 is 5.45.